The molecular weight excluding hydrogens is 571 g/mol. The van der Waals surface area contributed by atoms with Crippen LogP contribution in [0.5, 0.6) is 0 Å². The first-order valence-corrected chi connectivity index (χ1v) is 20.8. The quantitative estimate of drug-likeness (QED) is 0.241. The summed E-state index contributed by atoms with van der Waals surface area (Å²) >= 11 is 0.0906. The number of benzene rings is 1. The van der Waals surface area contributed by atoms with Gasteiger partial charge in [-0.25, -0.2) is 0 Å². The van der Waals surface area contributed by atoms with Gasteiger partial charge in [0, 0.05) is 0 Å². The van der Waals surface area contributed by atoms with Crippen LogP contribution in [0.25, 0.3) is 0 Å². The maximum absolute atomic E-state index is 15.5. The molecule has 0 aromatic heterocycles. The Balaban J connectivity index is 1.58. The second-order valence-corrected chi connectivity index (χ2v) is 24.0. The van der Waals surface area contributed by atoms with Gasteiger partial charge in [0.2, 0.25) is 0 Å². The van der Waals surface area contributed by atoms with Gasteiger partial charge in [0.15, 0.2) is 0 Å². The third kappa shape index (κ3) is 5.20. The fraction of sp³-hybridized carbons (Fsp3) is 0.750. The first kappa shape index (κ1) is 30.8. The van der Waals surface area contributed by atoms with Crippen molar-refractivity contribution < 1.29 is 9.22 Å². The van der Waals surface area contributed by atoms with Crippen molar-refractivity contribution in [2.75, 3.05) is 0 Å². The molecule has 0 aliphatic heterocycles. The molecule has 4 aliphatic rings. The molecule has 1 aromatic rings. The van der Waals surface area contributed by atoms with Crippen molar-refractivity contribution in [2.45, 2.75) is 122 Å². The van der Waals surface area contributed by atoms with Gasteiger partial charge in [-0.2, -0.15) is 0 Å². The van der Waals surface area contributed by atoms with E-state index < -0.39 is 8.32 Å². The van der Waals surface area contributed by atoms with Gasteiger partial charge in [0.25, 0.3) is 0 Å². The minimum absolute atomic E-state index is 0.0906. The van der Waals surface area contributed by atoms with Gasteiger partial charge in [0.05, 0.1) is 0 Å². The topological polar surface area (TPSA) is 26.3 Å². The number of hydrogen-bond acceptors (Lipinski definition) is 2. The predicted octanol–water partition coefficient (Wildman–Crippen LogP) is 8.86. The van der Waals surface area contributed by atoms with Crippen molar-refractivity contribution in [3.05, 3.63) is 42.0 Å². The van der Waals surface area contributed by atoms with Crippen molar-refractivity contribution in [3.8, 4) is 0 Å². The molecule has 0 radical (unpaired) electrons. The molecule has 1 aromatic carbocycles. The van der Waals surface area contributed by atoms with Crippen LogP contribution in [0.2, 0.25) is 22.4 Å². The Morgan fingerprint density at radius 1 is 1.05 bits per heavy atom. The Labute approximate surface area is 253 Å². The van der Waals surface area contributed by atoms with Crippen molar-refractivity contribution in [2.24, 2.45) is 46.8 Å². The van der Waals surface area contributed by atoms with E-state index in [0.29, 0.717) is 40.8 Å². The molecule has 0 N–H and O–H groups in total. The summed E-state index contributed by atoms with van der Waals surface area (Å²) in [4.78, 5) is 15.5. The van der Waals surface area contributed by atoms with Gasteiger partial charge in [-0.05, 0) is 0 Å². The van der Waals surface area contributed by atoms with Crippen LogP contribution in [0.4, 0.5) is 0 Å². The monoisotopic (exact) mass is 628 g/mol. The summed E-state index contributed by atoms with van der Waals surface area (Å²) in [6.45, 7) is 24.0. The van der Waals surface area contributed by atoms with E-state index in [-0.39, 0.29) is 36.3 Å². The molecule has 2 nitrogen and oxygen atoms in total. The molecule has 0 bridgehead atoms. The number of allylic oxidation sites excluding steroid dienone is 2. The van der Waals surface area contributed by atoms with Gasteiger partial charge in [0.1, 0.15) is 0 Å². The number of rotatable bonds is 5. The molecule has 4 aliphatic carbocycles. The average molecular weight is 628 g/mol. The van der Waals surface area contributed by atoms with Gasteiger partial charge >= 0.3 is 254 Å². The minimum atomic E-state index is -1.97. The van der Waals surface area contributed by atoms with E-state index in [1.165, 1.54) is 29.3 Å². The summed E-state index contributed by atoms with van der Waals surface area (Å²) in [5.74, 6) is 4.12. The van der Waals surface area contributed by atoms with E-state index in [4.69, 9.17) is 4.43 Å². The fourth-order valence-corrected chi connectivity index (χ4v) is 14.0. The van der Waals surface area contributed by atoms with Crippen LogP contribution in [-0.2, 0) is 9.22 Å². The number of fused-ring (bicyclic) bond motifs is 3. The summed E-state index contributed by atoms with van der Waals surface area (Å²) in [6.07, 6.45) is 9.72. The van der Waals surface area contributed by atoms with Crippen LogP contribution in [0.1, 0.15) is 93.9 Å². The van der Waals surface area contributed by atoms with Crippen LogP contribution < -0.4 is 4.46 Å². The second kappa shape index (κ2) is 10.8. The van der Waals surface area contributed by atoms with Crippen molar-refractivity contribution in [1.82, 2.24) is 0 Å². The first-order chi connectivity index (χ1) is 18.6. The fourth-order valence-electron chi connectivity index (χ4n) is 9.12. The average Bonchev–Trinajstić information content (AvgIpc) is 3.34. The van der Waals surface area contributed by atoms with E-state index >= 15 is 4.79 Å². The zero-order valence-corrected chi connectivity index (χ0v) is 29.8. The second-order valence-electron chi connectivity index (χ2n) is 16.3. The number of carbonyl (C=O) groups excluding carboxylic acids is 1. The molecule has 0 heterocycles. The number of carbonyl (C=O) groups is 1. The third-order valence-corrected chi connectivity index (χ3v) is 20.4. The van der Waals surface area contributed by atoms with E-state index in [9.17, 15) is 0 Å². The molecule has 0 amide bonds. The molecular formula is C36H56O2SeSi. The van der Waals surface area contributed by atoms with Crippen LogP contribution in [-0.4, -0.2) is 35.2 Å². The van der Waals surface area contributed by atoms with Gasteiger partial charge in [-0.1, -0.05) is 0 Å². The van der Waals surface area contributed by atoms with Crippen molar-refractivity contribution in [1.29, 1.82) is 0 Å². The molecule has 3 fully saturated rings. The molecule has 4 heteroatoms. The molecule has 9 atom stereocenters. The normalized spacial score (nSPS) is 41.5. The Hall–Kier alpha value is -0.674. The molecule has 0 unspecified atom stereocenters. The van der Waals surface area contributed by atoms with Gasteiger partial charge < -0.3 is 0 Å². The SMILES string of the molecule is C/C1=C/C[C@H]2[C@H](C)[C@@H](O[Si](C)(C)C(C)(C)C)C[C@@]2([Se]c2ccccc2)C(=O)[C@H]2C[C@@H]3[C@@H](C(C)C)CC[C@@]3(C)C[C@@H]12. The Bertz CT molecular complexity index is 1120. The zero-order chi connectivity index (χ0) is 29.3. The summed E-state index contributed by atoms with van der Waals surface area (Å²) in [7, 11) is -1.97. The van der Waals surface area contributed by atoms with Crippen molar-refractivity contribution >= 4 is 33.5 Å². The zero-order valence-electron chi connectivity index (χ0n) is 27.1. The summed E-state index contributed by atoms with van der Waals surface area (Å²) < 4.78 is 8.34. The molecule has 0 saturated heterocycles. The Kier molecular flexibility index (Phi) is 8.31. The molecule has 5 rings (SSSR count). The summed E-state index contributed by atoms with van der Waals surface area (Å²) in [6, 6.07) is 11.0. The van der Waals surface area contributed by atoms with E-state index in [2.05, 4.69) is 105 Å². The first-order valence-electron chi connectivity index (χ1n) is 16.2. The van der Waals surface area contributed by atoms with E-state index in [1.54, 1.807) is 0 Å². The Morgan fingerprint density at radius 2 is 1.73 bits per heavy atom. The molecule has 3 saturated carbocycles. The number of Topliss-reactive ketones (excluding diaryl/α,β-unsaturated/α-hetero) is 1. The van der Waals surface area contributed by atoms with E-state index in [0.717, 1.165) is 25.2 Å². The molecule has 0 spiro atoms. The number of hydrogen-bond donors (Lipinski definition) is 0. The molecule has 222 valence electrons. The van der Waals surface area contributed by atoms with Crippen LogP contribution in [0.15, 0.2) is 42.0 Å². The third-order valence-electron chi connectivity index (χ3n) is 12.6. The maximum atomic E-state index is 15.5. The summed E-state index contributed by atoms with van der Waals surface area (Å²) in [5.41, 5.74) is 1.89. The van der Waals surface area contributed by atoms with Crippen LogP contribution >= 0.6 is 0 Å². The van der Waals surface area contributed by atoms with Crippen molar-refractivity contribution in [3.63, 3.8) is 0 Å². The summed E-state index contributed by atoms with van der Waals surface area (Å²) in [5, 5.41) is 0.166. The standard InChI is InChI=1S/C36H56O2SeSi/c1-23(2)27-18-19-35(8)21-29-24(3)16-17-30-25(4)32(38-40(9,10)34(5,6)7)22-36(30,33(37)28(29)20-31(27)35)39-26-14-12-11-13-15-26/h11-16,23,25,27-32H,17-22H2,1-10H3/b24-16-/t25-,27+,28-,29-,30-,31+,32-,35-,36-/m0/s1. The predicted molar refractivity (Wildman–Crippen MR) is 173 cm³/mol. The van der Waals surface area contributed by atoms with Crippen LogP contribution in [0, 0.1) is 46.8 Å². The van der Waals surface area contributed by atoms with Crippen LogP contribution in [0.3, 0.4) is 0 Å². The molecule has 40 heavy (non-hydrogen) atoms. The Morgan fingerprint density at radius 3 is 2.35 bits per heavy atom. The van der Waals surface area contributed by atoms with E-state index in [1.807, 2.05) is 0 Å². The van der Waals surface area contributed by atoms with Gasteiger partial charge in [-0.15, -0.1) is 0 Å². The van der Waals surface area contributed by atoms with Gasteiger partial charge in [-0.3, -0.25) is 0 Å². The number of ketones is 1.